The predicted octanol–water partition coefficient (Wildman–Crippen LogP) is 3.39. The average molecular weight is 267 g/mol. The Labute approximate surface area is 117 Å². The summed E-state index contributed by atoms with van der Waals surface area (Å²) in [6, 6.07) is 0.606. The van der Waals surface area contributed by atoms with Crippen LogP contribution in [0.1, 0.15) is 59.3 Å². The molecule has 2 rings (SSSR count). The number of nitrogens with zero attached hydrogens (tertiary/aromatic N) is 1. The molecule has 1 saturated carbocycles. The van der Waals surface area contributed by atoms with E-state index in [0.717, 1.165) is 38.3 Å². The van der Waals surface area contributed by atoms with Gasteiger partial charge in [-0.2, -0.15) is 0 Å². The maximum absolute atomic E-state index is 11.7. The van der Waals surface area contributed by atoms with Gasteiger partial charge in [0.2, 0.25) is 0 Å². The van der Waals surface area contributed by atoms with Crippen molar-refractivity contribution in [3.63, 3.8) is 0 Å². The topological polar surface area (TPSA) is 40.5 Å². The van der Waals surface area contributed by atoms with Crippen LogP contribution in [-0.2, 0) is 4.79 Å². The molecule has 0 spiro atoms. The Morgan fingerprint density at radius 3 is 2.68 bits per heavy atom. The largest absolute Gasteiger partial charge is 0.481 e. The normalized spacial score (nSPS) is 41.1. The second-order valence-electron chi connectivity index (χ2n) is 6.85. The molecule has 3 heteroatoms. The lowest BCUT2D eigenvalue weighted by molar-refractivity contribution is -0.154. The van der Waals surface area contributed by atoms with Gasteiger partial charge in [0.1, 0.15) is 0 Å². The Kier molecular flexibility index (Phi) is 4.54. The van der Waals surface area contributed by atoms with E-state index in [2.05, 4.69) is 18.7 Å². The van der Waals surface area contributed by atoms with E-state index in [1.54, 1.807) is 0 Å². The highest BCUT2D eigenvalue weighted by Crippen LogP contribution is 2.39. The van der Waals surface area contributed by atoms with Crippen LogP contribution in [0, 0.1) is 17.3 Å². The minimum atomic E-state index is -0.587. The SMILES string of the molecule is CCC1(C(=O)O)CCCN(C2CCCC(C)C2C)C1. The molecule has 1 saturated heterocycles. The molecule has 1 aliphatic heterocycles. The number of hydrogen-bond donors (Lipinski definition) is 1. The molecule has 4 unspecified atom stereocenters. The third-order valence-corrected chi connectivity index (χ3v) is 5.87. The van der Waals surface area contributed by atoms with E-state index in [4.69, 9.17) is 0 Å². The summed E-state index contributed by atoms with van der Waals surface area (Å²) in [7, 11) is 0. The van der Waals surface area contributed by atoms with Crippen molar-refractivity contribution in [2.24, 2.45) is 17.3 Å². The number of carboxylic acid groups (broad SMARTS) is 1. The smallest absolute Gasteiger partial charge is 0.310 e. The van der Waals surface area contributed by atoms with Crippen molar-refractivity contribution in [3.05, 3.63) is 0 Å². The minimum absolute atomic E-state index is 0.487. The first-order valence-corrected chi connectivity index (χ1v) is 7.97. The lowest BCUT2D eigenvalue weighted by atomic mass is 9.73. The van der Waals surface area contributed by atoms with Crippen molar-refractivity contribution in [2.75, 3.05) is 13.1 Å². The Bertz CT molecular complexity index is 331. The first-order chi connectivity index (χ1) is 9.00. The highest BCUT2D eigenvalue weighted by molar-refractivity contribution is 5.75. The number of carboxylic acids is 1. The third-order valence-electron chi connectivity index (χ3n) is 5.87. The zero-order valence-corrected chi connectivity index (χ0v) is 12.7. The van der Waals surface area contributed by atoms with Crippen LogP contribution in [0.2, 0.25) is 0 Å². The van der Waals surface area contributed by atoms with Crippen molar-refractivity contribution in [2.45, 2.75) is 65.3 Å². The zero-order chi connectivity index (χ0) is 14.0. The molecule has 2 aliphatic rings. The molecule has 0 amide bonds. The summed E-state index contributed by atoms with van der Waals surface area (Å²) >= 11 is 0. The number of rotatable bonds is 3. The van der Waals surface area contributed by atoms with Crippen molar-refractivity contribution < 1.29 is 9.90 Å². The van der Waals surface area contributed by atoms with Gasteiger partial charge in [-0.05, 0) is 44.1 Å². The molecule has 0 aromatic carbocycles. The summed E-state index contributed by atoms with van der Waals surface area (Å²) in [5, 5.41) is 9.60. The Hall–Kier alpha value is -0.570. The molecule has 0 radical (unpaired) electrons. The van der Waals surface area contributed by atoms with E-state index in [-0.39, 0.29) is 0 Å². The molecule has 110 valence electrons. The van der Waals surface area contributed by atoms with E-state index in [1.807, 2.05) is 6.92 Å². The Morgan fingerprint density at radius 1 is 1.32 bits per heavy atom. The summed E-state index contributed by atoms with van der Waals surface area (Å²) in [5.41, 5.74) is -0.487. The molecule has 0 bridgehead atoms. The summed E-state index contributed by atoms with van der Waals surface area (Å²) in [6.07, 6.45) is 6.55. The van der Waals surface area contributed by atoms with Gasteiger partial charge < -0.3 is 5.11 Å². The van der Waals surface area contributed by atoms with Crippen LogP contribution in [0.4, 0.5) is 0 Å². The number of aliphatic carboxylic acids is 1. The van der Waals surface area contributed by atoms with E-state index in [1.165, 1.54) is 19.3 Å². The molecule has 19 heavy (non-hydrogen) atoms. The molecule has 0 aromatic rings. The van der Waals surface area contributed by atoms with Gasteiger partial charge in [-0.1, -0.05) is 33.6 Å². The fourth-order valence-corrected chi connectivity index (χ4v) is 4.13. The van der Waals surface area contributed by atoms with Crippen molar-refractivity contribution in [1.82, 2.24) is 4.90 Å². The lowest BCUT2D eigenvalue weighted by Crippen LogP contribution is -2.54. The summed E-state index contributed by atoms with van der Waals surface area (Å²) in [5.74, 6) is 0.896. The monoisotopic (exact) mass is 267 g/mol. The second-order valence-corrected chi connectivity index (χ2v) is 6.85. The molecule has 1 aliphatic carbocycles. The summed E-state index contributed by atoms with van der Waals surface area (Å²) < 4.78 is 0. The van der Waals surface area contributed by atoms with Gasteiger partial charge in [0, 0.05) is 12.6 Å². The molecular weight excluding hydrogens is 238 g/mol. The predicted molar refractivity (Wildman–Crippen MR) is 77.1 cm³/mol. The molecule has 1 heterocycles. The van der Waals surface area contributed by atoms with Crippen molar-refractivity contribution >= 4 is 5.97 Å². The van der Waals surface area contributed by atoms with Crippen LogP contribution in [0.5, 0.6) is 0 Å². The maximum atomic E-state index is 11.7. The van der Waals surface area contributed by atoms with Crippen LogP contribution in [-0.4, -0.2) is 35.1 Å². The molecule has 4 atom stereocenters. The molecular formula is C16H29NO2. The fraction of sp³-hybridized carbons (Fsp3) is 0.938. The molecule has 0 aromatic heterocycles. The molecule has 3 nitrogen and oxygen atoms in total. The van der Waals surface area contributed by atoms with Gasteiger partial charge in [-0.25, -0.2) is 0 Å². The van der Waals surface area contributed by atoms with Gasteiger partial charge in [-0.15, -0.1) is 0 Å². The van der Waals surface area contributed by atoms with Crippen molar-refractivity contribution in [1.29, 1.82) is 0 Å². The van der Waals surface area contributed by atoms with Crippen LogP contribution in [0.3, 0.4) is 0 Å². The average Bonchev–Trinajstić information content (AvgIpc) is 2.41. The highest BCUT2D eigenvalue weighted by Gasteiger charge is 2.44. The molecule has 2 fully saturated rings. The van der Waals surface area contributed by atoms with Gasteiger partial charge in [0.15, 0.2) is 0 Å². The number of likely N-dealkylation sites (tertiary alicyclic amines) is 1. The van der Waals surface area contributed by atoms with E-state index >= 15 is 0 Å². The standard InChI is InChI=1S/C16H29NO2/c1-4-16(15(18)19)9-6-10-17(11-16)14-8-5-7-12(2)13(14)3/h12-14H,4-11H2,1-3H3,(H,18,19). The van der Waals surface area contributed by atoms with E-state index in [9.17, 15) is 9.90 Å². The van der Waals surface area contributed by atoms with Crippen LogP contribution >= 0.6 is 0 Å². The van der Waals surface area contributed by atoms with Gasteiger partial charge in [0.25, 0.3) is 0 Å². The van der Waals surface area contributed by atoms with E-state index in [0.29, 0.717) is 12.0 Å². The fourth-order valence-electron chi connectivity index (χ4n) is 4.13. The maximum Gasteiger partial charge on any atom is 0.310 e. The molecule has 1 N–H and O–H groups in total. The quantitative estimate of drug-likeness (QED) is 0.852. The third kappa shape index (κ3) is 2.81. The zero-order valence-electron chi connectivity index (χ0n) is 12.7. The van der Waals surface area contributed by atoms with Gasteiger partial charge >= 0.3 is 5.97 Å². The Balaban J connectivity index is 2.10. The first-order valence-electron chi connectivity index (χ1n) is 7.97. The van der Waals surface area contributed by atoms with Gasteiger partial charge in [-0.3, -0.25) is 9.69 Å². The lowest BCUT2D eigenvalue weighted by Gasteiger charge is -2.47. The summed E-state index contributed by atoms with van der Waals surface area (Å²) in [4.78, 5) is 14.2. The van der Waals surface area contributed by atoms with Crippen molar-refractivity contribution in [3.8, 4) is 0 Å². The highest BCUT2D eigenvalue weighted by atomic mass is 16.4. The van der Waals surface area contributed by atoms with E-state index < -0.39 is 11.4 Å². The van der Waals surface area contributed by atoms with Crippen LogP contribution in [0.25, 0.3) is 0 Å². The van der Waals surface area contributed by atoms with Crippen LogP contribution in [0.15, 0.2) is 0 Å². The van der Waals surface area contributed by atoms with Gasteiger partial charge in [0.05, 0.1) is 5.41 Å². The summed E-state index contributed by atoms with van der Waals surface area (Å²) in [6.45, 7) is 8.60. The second kappa shape index (κ2) is 5.82. The number of piperidine rings is 1. The Morgan fingerprint density at radius 2 is 2.05 bits per heavy atom. The number of hydrogen-bond acceptors (Lipinski definition) is 2. The number of carbonyl (C=O) groups is 1. The van der Waals surface area contributed by atoms with Crippen LogP contribution < -0.4 is 0 Å². The first kappa shape index (κ1) is 14.8. The minimum Gasteiger partial charge on any atom is -0.481 e.